The maximum absolute atomic E-state index is 12.2. The van der Waals surface area contributed by atoms with E-state index in [0.29, 0.717) is 18.7 Å². The van der Waals surface area contributed by atoms with Gasteiger partial charge in [0.05, 0.1) is 11.4 Å². The number of anilines is 1. The van der Waals surface area contributed by atoms with Gasteiger partial charge in [-0.2, -0.15) is 0 Å². The van der Waals surface area contributed by atoms with Gasteiger partial charge in [-0.25, -0.2) is 13.1 Å². The summed E-state index contributed by atoms with van der Waals surface area (Å²) in [6, 6.07) is 9.98. The molecule has 25 heavy (non-hydrogen) atoms. The van der Waals surface area contributed by atoms with Crippen LogP contribution < -0.4 is 15.4 Å². The lowest BCUT2D eigenvalue weighted by molar-refractivity contribution is -0.115. The maximum atomic E-state index is 12.2. The first-order valence-corrected chi connectivity index (χ1v) is 10.4. The van der Waals surface area contributed by atoms with Gasteiger partial charge in [-0.15, -0.1) is 11.3 Å². The average molecular weight is 382 g/mol. The van der Waals surface area contributed by atoms with Crippen LogP contribution in [0.3, 0.4) is 0 Å². The number of benzene rings is 1. The lowest BCUT2D eigenvalue weighted by Crippen LogP contribution is -2.32. The van der Waals surface area contributed by atoms with E-state index in [-0.39, 0.29) is 23.4 Å². The van der Waals surface area contributed by atoms with Crippen LogP contribution in [0, 0.1) is 0 Å². The number of nitrogens with one attached hydrogen (secondary N) is 3. The Bertz CT molecular complexity index is 772. The van der Waals surface area contributed by atoms with Crippen LogP contribution in [0.2, 0.25) is 0 Å². The van der Waals surface area contributed by atoms with Crippen molar-refractivity contribution in [3.63, 3.8) is 0 Å². The zero-order valence-electron chi connectivity index (χ0n) is 14.3. The maximum Gasteiger partial charge on any atom is 0.240 e. The van der Waals surface area contributed by atoms with Gasteiger partial charge in [0.15, 0.2) is 0 Å². The van der Waals surface area contributed by atoms with Crippen LogP contribution in [-0.2, 0) is 21.4 Å². The van der Waals surface area contributed by atoms with Crippen molar-refractivity contribution in [3.05, 3.63) is 46.7 Å². The average Bonchev–Trinajstić information content (AvgIpc) is 3.08. The molecular weight excluding hydrogens is 358 g/mol. The largest absolute Gasteiger partial charge is 0.325 e. The minimum atomic E-state index is -3.53. The molecule has 0 aliphatic heterocycles. The van der Waals surface area contributed by atoms with E-state index in [4.69, 9.17) is 0 Å². The van der Waals surface area contributed by atoms with Crippen molar-refractivity contribution in [2.75, 3.05) is 11.9 Å². The molecule has 0 aliphatic carbocycles. The second-order valence-electron chi connectivity index (χ2n) is 5.69. The smallest absolute Gasteiger partial charge is 0.240 e. The Balaban J connectivity index is 1.86. The third-order valence-electron chi connectivity index (χ3n) is 3.58. The Kier molecular flexibility index (Phi) is 7.12. The van der Waals surface area contributed by atoms with Gasteiger partial charge in [-0.1, -0.05) is 13.0 Å². The number of amides is 1. The van der Waals surface area contributed by atoms with Crippen molar-refractivity contribution in [1.82, 2.24) is 10.0 Å². The quantitative estimate of drug-likeness (QED) is 0.623. The normalized spacial score (nSPS) is 12.7. The van der Waals surface area contributed by atoms with Crippen molar-refractivity contribution in [1.29, 1.82) is 0 Å². The number of hydrogen-bond donors (Lipinski definition) is 3. The van der Waals surface area contributed by atoms with Crippen molar-refractivity contribution >= 4 is 33.0 Å². The summed E-state index contributed by atoms with van der Waals surface area (Å²) < 4.78 is 27.0. The minimum absolute atomic E-state index is 0.126. The standard InChI is InChI=1S/C17H23N3O3S2/c1-3-13(2)20-25(22,23)16-8-6-14(7-9-16)19-17(21)12-18-11-15-5-4-10-24-15/h4-10,13,18,20H,3,11-12H2,1-2H3,(H,19,21)/t13-/m0/s1. The number of carbonyl (C=O) groups is 1. The fourth-order valence-corrected chi connectivity index (χ4v) is 4.05. The molecule has 1 aromatic carbocycles. The third kappa shape index (κ3) is 6.24. The molecule has 0 fully saturated rings. The Morgan fingerprint density at radius 3 is 2.52 bits per heavy atom. The predicted molar refractivity (Wildman–Crippen MR) is 101 cm³/mol. The zero-order chi connectivity index (χ0) is 18.3. The summed E-state index contributed by atoms with van der Waals surface area (Å²) in [5, 5.41) is 7.79. The summed E-state index contributed by atoms with van der Waals surface area (Å²) in [4.78, 5) is 13.3. The number of carbonyl (C=O) groups excluding carboxylic acids is 1. The van der Waals surface area contributed by atoms with Gasteiger partial charge in [0.1, 0.15) is 0 Å². The second-order valence-corrected chi connectivity index (χ2v) is 8.43. The molecule has 0 unspecified atom stereocenters. The minimum Gasteiger partial charge on any atom is -0.325 e. The molecule has 136 valence electrons. The van der Waals surface area contributed by atoms with Crippen LogP contribution in [0.25, 0.3) is 0 Å². The van der Waals surface area contributed by atoms with E-state index >= 15 is 0 Å². The first-order valence-electron chi connectivity index (χ1n) is 8.06. The van der Waals surface area contributed by atoms with Crippen LogP contribution in [0.15, 0.2) is 46.7 Å². The van der Waals surface area contributed by atoms with Crippen LogP contribution >= 0.6 is 11.3 Å². The highest BCUT2D eigenvalue weighted by Gasteiger charge is 2.16. The highest BCUT2D eigenvalue weighted by Crippen LogP contribution is 2.14. The fourth-order valence-electron chi connectivity index (χ4n) is 2.05. The molecule has 0 saturated carbocycles. The number of thiophene rings is 1. The van der Waals surface area contributed by atoms with Gasteiger partial charge >= 0.3 is 0 Å². The molecule has 0 aliphatic rings. The molecule has 1 amide bonds. The molecule has 0 radical (unpaired) electrons. The van der Waals surface area contributed by atoms with Crippen LogP contribution in [0.4, 0.5) is 5.69 Å². The predicted octanol–water partition coefficient (Wildman–Crippen LogP) is 2.55. The molecule has 3 N–H and O–H groups in total. The Labute approximate surface area is 152 Å². The first kappa shape index (κ1) is 19.6. The monoisotopic (exact) mass is 381 g/mol. The highest BCUT2D eigenvalue weighted by molar-refractivity contribution is 7.89. The lowest BCUT2D eigenvalue weighted by atomic mass is 10.3. The van der Waals surface area contributed by atoms with Crippen molar-refractivity contribution in [2.45, 2.75) is 37.8 Å². The van der Waals surface area contributed by atoms with Crippen LogP contribution in [0.1, 0.15) is 25.1 Å². The molecule has 0 bridgehead atoms. The molecule has 1 heterocycles. The van der Waals surface area contributed by atoms with E-state index in [1.165, 1.54) is 12.1 Å². The summed E-state index contributed by atoms with van der Waals surface area (Å²) in [7, 11) is -3.53. The van der Waals surface area contributed by atoms with E-state index in [9.17, 15) is 13.2 Å². The molecule has 8 heteroatoms. The summed E-state index contributed by atoms with van der Waals surface area (Å²) in [5.74, 6) is -0.176. The second kappa shape index (κ2) is 9.10. The lowest BCUT2D eigenvalue weighted by Gasteiger charge is -2.12. The van der Waals surface area contributed by atoms with Crippen molar-refractivity contribution in [3.8, 4) is 0 Å². The van der Waals surface area contributed by atoms with Gasteiger partial charge in [0, 0.05) is 23.2 Å². The number of rotatable bonds is 9. The number of sulfonamides is 1. The summed E-state index contributed by atoms with van der Waals surface area (Å²) in [5.41, 5.74) is 0.561. The van der Waals surface area contributed by atoms with Gasteiger partial charge < -0.3 is 10.6 Å². The van der Waals surface area contributed by atoms with Gasteiger partial charge in [0.2, 0.25) is 15.9 Å². The van der Waals surface area contributed by atoms with E-state index < -0.39 is 10.0 Å². The molecule has 2 aromatic rings. The van der Waals surface area contributed by atoms with Crippen molar-refractivity contribution < 1.29 is 13.2 Å². The SMILES string of the molecule is CC[C@H](C)NS(=O)(=O)c1ccc(NC(=O)CNCc2cccs2)cc1. The topological polar surface area (TPSA) is 87.3 Å². The Hall–Kier alpha value is -1.74. The Morgan fingerprint density at radius 1 is 1.20 bits per heavy atom. The molecule has 1 atom stereocenters. The third-order valence-corrected chi connectivity index (χ3v) is 6.06. The fraction of sp³-hybridized carbons (Fsp3) is 0.353. The molecule has 6 nitrogen and oxygen atoms in total. The highest BCUT2D eigenvalue weighted by atomic mass is 32.2. The summed E-state index contributed by atoms with van der Waals surface area (Å²) >= 11 is 1.63. The van der Waals surface area contributed by atoms with E-state index in [0.717, 1.165) is 4.88 Å². The number of hydrogen-bond acceptors (Lipinski definition) is 5. The van der Waals surface area contributed by atoms with E-state index in [1.54, 1.807) is 23.5 Å². The molecule has 0 saturated heterocycles. The molecule has 0 spiro atoms. The van der Waals surface area contributed by atoms with E-state index in [2.05, 4.69) is 15.4 Å². The van der Waals surface area contributed by atoms with E-state index in [1.807, 2.05) is 31.4 Å². The van der Waals surface area contributed by atoms with Crippen LogP contribution in [0.5, 0.6) is 0 Å². The molecule has 1 aromatic heterocycles. The molecular formula is C17H23N3O3S2. The summed E-state index contributed by atoms with van der Waals surface area (Å²) in [6.45, 7) is 4.56. The van der Waals surface area contributed by atoms with Gasteiger partial charge in [0.25, 0.3) is 0 Å². The Morgan fingerprint density at radius 2 is 1.92 bits per heavy atom. The van der Waals surface area contributed by atoms with Crippen molar-refractivity contribution in [2.24, 2.45) is 0 Å². The summed E-state index contributed by atoms with van der Waals surface area (Å²) in [6.07, 6.45) is 0.714. The van der Waals surface area contributed by atoms with Crippen LogP contribution in [-0.4, -0.2) is 26.9 Å². The zero-order valence-corrected chi connectivity index (χ0v) is 15.9. The van der Waals surface area contributed by atoms with Gasteiger partial charge in [-0.3, -0.25) is 4.79 Å². The van der Waals surface area contributed by atoms with Gasteiger partial charge in [-0.05, 0) is 49.1 Å². The molecule has 2 rings (SSSR count). The first-order chi connectivity index (χ1) is 11.9.